The number of nitro groups is 1. The highest BCUT2D eigenvalue weighted by Gasteiger charge is 2.16. The summed E-state index contributed by atoms with van der Waals surface area (Å²) in [7, 11) is 0. The summed E-state index contributed by atoms with van der Waals surface area (Å²) in [6.07, 6.45) is 0. The molecule has 2 rings (SSSR count). The predicted octanol–water partition coefficient (Wildman–Crippen LogP) is 2.90. The number of anilines is 2. The Labute approximate surface area is 128 Å². The Bertz CT molecular complexity index is 706. The second-order valence-electron chi connectivity index (χ2n) is 4.07. The highest BCUT2D eigenvalue weighted by molar-refractivity contribution is 9.10. The SMILES string of the molecule is NNc1cc(C(=O)Nc2ccccc2Br)ccc1[N+](=O)[O-]. The van der Waals surface area contributed by atoms with Crippen molar-refractivity contribution >= 4 is 38.9 Å². The van der Waals surface area contributed by atoms with Gasteiger partial charge in [-0.25, -0.2) is 0 Å². The molecule has 0 spiro atoms. The van der Waals surface area contributed by atoms with E-state index >= 15 is 0 Å². The van der Waals surface area contributed by atoms with Crippen molar-refractivity contribution in [1.29, 1.82) is 0 Å². The second-order valence-corrected chi connectivity index (χ2v) is 4.92. The Kier molecular flexibility index (Phi) is 4.51. The third kappa shape index (κ3) is 3.36. The number of carbonyl (C=O) groups excluding carboxylic acids is 1. The number of nitrogens with two attached hydrogens (primary N) is 1. The van der Waals surface area contributed by atoms with Gasteiger partial charge in [0.25, 0.3) is 11.6 Å². The van der Waals surface area contributed by atoms with Crippen molar-refractivity contribution in [2.75, 3.05) is 10.7 Å². The quantitative estimate of drug-likeness (QED) is 0.446. The predicted molar refractivity (Wildman–Crippen MR) is 83.0 cm³/mol. The van der Waals surface area contributed by atoms with E-state index in [1.165, 1.54) is 18.2 Å². The van der Waals surface area contributed by atoms with Gasteiger partial charge in [0.05, 0.1) is 10.6 Å². The molecule has 0 heterocycles. The van der Waals surface area contributed by atoms with Crippen molar-refractivity contribution in [3.05, 3.63) is 62.6 Å². The molecule has 0 unspecified atom stereocenters. The minimum absolute atomic E-state index is 0.0692. The molecular weight excluding hydrogens is 340 g/mol. The van der Waals surface area contributed by atoms with E-state index in [9.17, 15) is 14.9 Å². The molecule has 0 aliphatic carbocycles. The van der Waals surface area contributed by atoms with E-state index in [1.807, 2.05) is 6.07 Å². The van der Waals surface area contributed by atoms with Gasteiger partial charge in [-0.15, -0.1) is 0 Å². The van der Waals surface area contributed by atoms with Gasteiger partial charge >= 0.3 is 0 Å². The zero-order valence-electron chi connectivity index (χ0n) is 10.7. The number of nitrogen functional groups attached to an aromatic ring is 1. The average Bonchev–Trinajstić information content (AvgIpc) is 2.48. The molecule has 0 saturated heterocycles. The first-order valence-electron chi connectivity index (χ1n) is 5.84. The van der Waals surface area contributed by atoms with Crippen LogP contribution >= 0.6 is 15.9 Å². The Morgan fingerprint density at radius 2 is 1.90 bits per heavy atom. The molecule has 0 saturated carbocycles. The lowest BCUT2D eigenvalue weighted by Crippen LogP contribution is -2.14. The summed E-state index contributed by atoms with van der Waals surface area (Å²) in [4.78, 5) is 22.4. The number of nitrogens with one attached hydrogen (secondary N) is 2. The first-order valence-corrected chi connectivity index (χ1v) is 6.63. The highest BCUT2D eigenvalue weighted by Crippen LogP contribution is 2.26. The first-order chi connectivity index (χ1) is 10.0. The minimum Gasteiger partial charge on any atom is -0.321 e. The van der Waals surface area contributed by atoms with Crippen molar-refractivity contribution in [1.82, 2.24) is 0 Å². The first kappa shape index (κ1) is 14.9. The topological polar surface area (TPSA) is 110 Å². The van der Waals surface area contributed by atoms with Gasteiger partial charge in [0.1, 0.15) is 5.69 Å². The molecule has 108 valence electrons. The lowest BCUT2D eigenvalue weighted by molar-refractivity contribution is -0.384. The number of rotatable bonds is 4. The van der Waals surface area contributed by atoms with Crippen LogP contribution in [-0.2, 0) is 0 Å². The molecule has 2 aromatic rings. The van der Waals surface area contributed by atoms with Gasteiger partial charge in [-0.05, 0) is 40.2 Å². The van der Waals surface area contributed by atoms with Gasteiger partial charge in [-0.2, -0.15) is 0 Å². The van der Waals surface area contributed by atoms with Crippen molar-refractivity contribution in [2.24, 2.45) is 5.84 Å². The molecule has 0 aromatic heterocycles. The summed E-state index contributed by atoms with van der Waals surface area (Å²) in [6, 6.07) is 11.0. The number of nitro benzene ring substituents is 1. The summed E-state index contributed by atoms with van der Waals surface area (Å²) >= 11 is 3.32. The van der Waals surface area contributed by atoms with Gasteiger partial charge in [0, 0.05) is 16.1 Å². The van der Waals surface area contributed by atoms with Crippen molar-refractivity contribution in [3.8, 4) is 0 Å². The maximum Gasteiger partial charge on any atom is 0.293 e. The number of amides is 1. The van der Waals surface area contributed by atoms with Crippen LogP contribution in [0.3, 0.4) is 0 Å². The molecule has 0 aliphatic heterocycles. The van der Waals surface area contributed by atoms with E-state index in [-0.39, 0.29) is 16.9 Å². The molecule has 0 atom stereocenters. The average molecular weight is 351 g/mol. The molecule has 4 N–H and O–H groups in total. The van der Waals surface area contributed by atoms with Gasteiger partial charge in [0.15, 0.2) is 0 Å². The van der Waals surface area contributed by atoms with Crippen LogP contribution in [0.1, 0.15) is 10.4 Å². The number of hydrogen-bond donors (Lipinski definition) is 3. The fourth-order valence-corrected chi connectivity index (χ4v) is 2.09. The van der Waals surface area contributed by atoms with Crippen LogP contribution in [0.5, 0.6) is 0 Å². The zero-order valence-corrected chi connectivity index (χ0v) is 12.3. The van der Waals surface area contributed by atoms with E-state index in [4.69, 9.17) is 5.84 Å². The molecular formula is C13H11BrN4O3. The number of carbonyl (C=O) groups is 1. The van der Waals surface area contributed by atoms with Crippen molar-refractivity contribution < 1.29 is 9.72 Å². The number of benzene rings is 2. The fourth-order valence-electron chi connectivity index (χ4n) is 1.71. The highest BCUT2D eigenvalue weighted by atomic mass is 79.9. The molecule has 7 nitrogen and oxygen atoms in total. The van der Waals surface area contributed by atoms with Crippen LogP contribution in [0, 0.1) is 10.1 Å². The number of para-hydroxylation sites is 1. The normalized spacial score (nSPS) is 10.0. The van der Waals surface area contributed by atoms with Gasteiger partial charge in [-0.1, -0.05) is 12.1 Å². The molecule has 0 aliphatic rings. The lowest BCUT2D eigenvalue weighted by Gasteiger charge is -2.08. The molecule has 0 bridgehead atoms. The van der Waals surface area contributed by atoms with Crippen molar-refractivity contribution in [2.45, 2.75) is 0 Å². The second kappa shape index (κ2) is 6.33. The monoisotopic (exact) mass is 350 g/mol. The summed E-state index contributed by atoms with van der Waals surface area (Å²) < 4.78 is 0.734. The Morgan fingerprint density at radius 1 is 1.19 bits per heavy atom. The zero-order chi connectivity index (χ0) is 15.4. The molecule has 0 fully saturated rings. The maximum atomic E-state index is 12.1. The van der Waals surface area contributed by atoms with E-state index in [0.717, 1.165) is 4.47 Å². The lowest BCUT2D eigenvalue weighted by atomic mass is 10.1. The molecule has 8 heteroatoms. The van der Waals surface area contributed by atoms with Gasteiger partial charge in [0.2, 0.25) is 0 Å². The Morgan fingerprint density at radius 3 is 2.52 bits per heavy atom. The number of hydrazine groups is 1. The largest absolute Gasteiger partial charge is 0.321 e. The fraction of sp³-hybridized carbons (Fsp3) is 0. The van der Waals surface area contributed by atoms with E-state index in [0.29, 0.717) is 5.69 Å². The number of hydrogen-bond acceptors (Lipinski definition) is 5. The van der Waals surface area contributed by atoms with Crippen LogP contribution in [0.25, 0.3) is 0 Å². The van der Waals surface area contributed by atoms with E-state index in [2.05, 4.69) is 26.7 Å². The Hall–Kier alpha value is -2.45. The molecule has 2 aromatic carbocycles. The summed E-state index contributed by atoms with van der Waals surface area (Å²) in [5, 5.41) is 13.5. The summed E-state index contributed by atoms with van der Waals surface area (Å²) in [6.45, 7) is 0. The van der Waals surface area contributed by atoms with Crippen LogP contribution in [0.15, 0.2) is 46.9 Å². The third-order valence-corrected chi connectivity index (χ3v) is 3.42. The summed E-state index contributed by atoms with van der Waals surface area (Å²) in [5.74, 6) is 4.85. The minimum atomic E-state index is -0.579. The van der Waals surface area contributed by atoms with Crippen LogP contribution in [0.2, 0.25) is 0 Å². The van der Waals surface area contributed by atoms with E-state index in [1.54, 1.807) is 18.2 Å². The standard InChI is InChI=1S/C13H11BrN4O3/c14-9-3-1-2-4-10(9)16-13(19)8-5-6-12(18(20)21)11(7-8)17-15/h1-7,17H,15H2,(H,16,19). The molecule has 1 amide bonds. The van der Waals surface area contributed by atoms with Gasteiger partial charge < -0.3 is 10.7 Å². The van der Waals surface area contributed by atoms with Crippen molar-refractivity contribution in [3.63, 3.8) is 0 Å². The third-order valence-electron chi connectivity index (χ3n) is 2.73. The molecule has 21 heavy (non-hydrogen) atoms. The van der Waals surface area contributed by atoms with Crippen LogP contribution in [0.4, 0.5) is 17.1 Å². The Balaban J connectivity index is 2.28. The van der Waals surface area contributed by atoms with E-state index < -0.39 is 10.8 Å². The smallest absolute Gasteiger partial charge is 0.293 e. The number of halogens is 1. The summed E-state index contributed by atoms with van der Waals surface area (Å²) in [5.41, 5.74) is 2.94. The van der Waals surface area contributed by atoms with Gasteiger partial charge in [-0.3, -0.25) is 20.8 Å². The van der Waals surface area contributed by atoms with Crippen LogP contribution in [-0.4, -0.2) is 10.8 Å². The number of nitrogens with zero attached hydrogens (tertiary/aromatic N) is 1. The molecule has 0 radical (unpaired) electrons. The maximum absolute atomic E-state index is 12.1. The van der Waals surface area contributed by atoms with Crippen LogP contribution < -0.4 is 16.6 Å².